The fourth-order valence-electron chi connectivity index (χ4n) is 2.40. The lowest BCUT2D eigenvalue weighted by molar-refractivity contribution is -0.386. The first kappa shape index (κ1) is 21.2. The number of ether oxygens (including phenoxy) is 2. The number of nitrogens with one attached hydrogen (secondary N) is 1. The van der Waals surface area contributed by atoms with E-state index in [1.54, 1.807) is 0 Å². The van der Waals surface area contributed by atoms with Crippen molar-refractivity contribution in [3.63, 3.8) is 0 Å². The van der Waals surface area contributed by atoms with Crippen LogP contribution in [0, 0.1) is 14.9 Å². The summed E-state index contributed by atoms with van der Waals surface area (Å²) in [6, 6.07) is 2.84. The quantitative estimate of drug-likeness (QED) is 0.211. The zero-order chi connectivity index (χ0) is 20.5. The Balaban J connectivity index is 2.33. The third-order valence-electron chi connectivity index (χ3n) is 3.78. The summed E-state index contributed by atoms with van der Waals surface area (Å²) < 4.78 is 11.8. The molecule has 1 heterocycles. The maximum atomic E-state index is 11.8. The molecule has 28 heavy (non-hydrogen) atoms. The predicted molar refractivity (Wildman–Crippen MR) is 106 cm³/mol. The number of nitro benzene ring substituents is 1. The summed E-state index contributed by atoms with van der Waals surface area (Å²) in [5.74, 6) is 0.276. The molecule has 0 unspecified atom stereocenters. The first-order valence-electron chi connectivity index (χ1n) is 8.68. The van der Waals surface area contributed by atoms with Crippen LogP contribution < -0.4 is 15.0 Å². The van der Waals surface area contributed by atoms with E-state index in [1.807, 2.05) is 0 Å². The number of hydrogen-bond acceptors (Lipinski definition) is 8. The van der Waals surface area contributed by atoms with Gasteiger partial charge in [0.1, 0.15) is 6.20 Å². The highest BCUT2D eigenvalue weighted by Gasteiger charge is 2.22. The van der Waals surface area contributed by atoms with Crippen LogP contribution in [0.2, 0.25) is 0 Å². The van der Waals surface area contributed by atoms with Gasteiger partial charge in [-0.25, -0.2) is 0 Å². The summed E-state index contributed by atoms with van der Waals surface area (Å²) in [5.41, 5.74) is -0.433. The molecule has 10 nitrogen and oxygen atoms in total. The second-order valence-corrected chi connectivity index (χ2v) is 6.19. The number of methoxy groups -OCH3 is 1. The van der Waals surface area contributed by atoms with E-state index in [4.69, 9.17) is 21.7 Å². The molecule has 2 aromatic rings. The lowest BCUT2D eigenvalue weighted by Crippen LogP contribution is -2.18. The Morgan fingerprint density at radius 3 is 2.82 bits per heavy atom. The monoisotopic (exact) mass is 407 g/mol. The van der Waals surface area contributed by atoms with Crippen LogP contribution >= 0.6 is 12.2 Å². The average molecular weight is 407 g/mol. The molecule has 1 aromatic carbocycles. The molecule has 0 radical (unpaired) electrons. The number of nitro groups is 1. The molecular weight excluding hydrogens is 386 g/mol. The highest BCUT2D eigenvalue weighted by Crippen LogP contribution is 2.38. The second kappa shape index (κ2) is 10.3. The van der Waals surface area contributed by atoms with Crippen LogP contribution in [0.3, 0.4) is 0 Å². The third kappa shape index (κ3) is 5.46. The van der Waals surface area contributed by atoms with Gasteiger partial charge in [-0.05, 0) is 24.7 Å². The summed E-state index contributed by atoms with van der Waals surface area (Å²) in [6.07, 6.45) is 6.23. The van der Waals surface area contributed by atoms with Crippen LogP contribution in [0.4, 0.5) is 5.69 Å². The van der Waals surface area contributed by atoms with Gasteiger partial charge < -0.3 is 9.47 Å². The fourth-order valence-corrected chi connectivity index (χ4v) is 2.59. The normalized spacial score (nSPS) is 10.9. The van der Waals surface area contributed by atoms with Crippen molar-refractivity contribution in [3.8, 4) is 11.5 Å². The molecule has 0 spiro atoms. The van der Waals surface area contributed by atoms with Crippen molar-refractivity contribution in [2.24, 2.45) is 5.10 Å². The molecule has 0 aliphatic heterocycles. The number of rotatable bonds is 10. The van der Waals surface area contributed by atoms with E-state index in [0.29, 0.717) is 12.2 Å². The van der Waals surface area contributed by atoms with Crippen molar-refractivity contribution < 1.29 is 14.4 Å². The van der Waals surface area contributed by atoms with Crippen molar-refractivity contribution in [2.75, 3.05) is 13.7 Å². The van der Waals surface area contributed by atoms with E-state index in [0.717, 1.165) is 36.6 Å². The van der Waals surface area contributed by atoms with Gasteiger partial charge in [0.15, 0.2) is 5.75 Å². The first-order valence-corrected chi connectivity index (χ1v) is 9.09. The molecule has 0 amide bonds. The third-order valence-corrected chi connectivity index (χ3v) is 4.04. The Morgan fingerprint density at radius 2 is 2.18 bits per heavy atom. The lowest BCUT2D eigenvalue weighted by atomic mass is 10.1. The highest BCUT2D eigenvalue weighted by molar-refractivity contribution is 7.71. The number of aromatic nitrogens is 3. The Kier molecular flexibility index (Phi) is 7.81. The molecule has 0 aliphatic carbocycles. The van der Waals surface area contributed by atoms with Crippen molar-refractivity contribution in [1.29, 1.82) is 0 Å². The molecule has 1 aromatic heterocycles. The molecule has 2 rings (SSSR count). The minimum Gasteiger partial charge on any atom is -0.493 e. The standard InChI is InChI=1S/C17H21N5O5S/c1-3-4-5-6-7-27-16-13(22(24)25)8-12(9-14(16)26-2)10-19-21-15(23)11-18-20-17(21)28/h8-11H,3-7H2,1-2H3,(H,20,28)/b19-10-. The minimum absolute atomic E-state index is 0.00255. The number of H-pyrrole nitrogens is 1. The Morgan fingerprint density at radius 1 is 1.39 bits per heavy atom. The first-order chi connectivity index (χ1) is 13.5. The Hall–Kier alpha value is -3.08. The van der Waals surface area contributed by atoms with Gasteiger partial charge in [-0.3, -0.25) is 20.0 Å². The molecule has 0 fully saturated rings. The predicted octanol–water partition coefficient (Wildman–Crippen LogP) is 3.06. The van der Waals surface area contributed by atoms with Crippen LogP contribution in [-0.2, 0) is 0 Å². The molecule has 1 N–H and O–H groups in total. The van der Waals surface area contributed by atoms with E-state index in [1.165, 1.54) is 25.5 Å². The highest BCUT2D eigenvalue weighted by atomic mass is 32.1. The van der Waals surface area contributed by atoms with Gasteiger partial charge in [0.25, 0.3) is 5.56 Å². The van der Waals surface area contributed by atoms with Gasteiger partial charge >= 0.3 is 5.69 Å². The maximum absolute atomic E-state index is 11.8. The van der Waals surface area contributed by atoms with Crippen molar-refractivity contribution in [3.05, 3.63) is 49.1 Å². The van der Waals surface area contributed by atoms with Crippen LogP contribution in [0.25, 0.3) is 0 Å². The van der Waals surface area contributed by atoms with E-state index in [-0.39, 0.29) is 22.0 Å². The lowest BCUT2D eigenvalue weighted by Gasteiger charge is -2.12. The van der Waals surface area contributed by atoms with Crippen LogP contribution in [-0.4, -0.2) is 39.7 Å². The van der Waals surface area contributed by atoms with E-state index >= 15 is 0 Å². The summed E-state index contributed by atoms with van der Waals surface area (Å²) >= 11 is 4.95. The molecular formula is C17H21N5O5S. The van der Waals surface area contributed by atoms with Gasteiger partial charge in [-0.2, -0.15) is 14.9 Å². The second-order valence-electron chi connectivity index (χ2n) is 5.81. The molecule has 0 saturated heterocycles. The van der Waals surface area contributed by atoms with Crippen molar-refractivity contribution >= 4 is 24.1 Å². The molecule has 0 aliphatic rings. The molecule has 150 valence electrons. The van der Waals surface area contributed by atoms with Crippen LogP contribution in [0.15, 0.2) is 28.2 Å². The fraction of sp³-hybridized carbons (Fsp3) is 0.412. The van der Waals surface area contributed by atoms with Gasteiger partial charge in [0.05, 0.1) is 24.9 Å². The largest absolute Gasteiger partial charge is 0.493 e. The SMILES string of the molecule is CCCCCCOc1c(OC)cc(/C=N\n2c(=O)cn[nH]c2=S)cc1[N+](=O)[O-]. The van der Waals surface area contributed by atoms with Gasteiger partial charge in [0, 0.05) is 11.6 Å². The van der Waals surface area contributed by atoms with Crippen molar-refractivity contribution in [1.82, 2.24) is 14.9 Å². The van der Waals surface area contributed by atoms with Crippen LogP contribution in [0.1, 0.15) is 38.2 Å². The number of aromatic amines is 1. The zero-order valence-electron chi connectivity index (χ0n) is 15.6. The number of nitrogens with zero attached hydrogens (tertiary/aromatic N) is 4. The van der Waals surface area contributed by atoms with Crippen LogP contribution in [0.5, 0.6) is 11.5 Å². The minimum atomic E-state index is -0.549. The van der Waals surface area contributed by atoms with Gasteiger partial charge in [-0.15, -0.1) is 0 Å². The molecule has 0 bridgehead atoms. The van der Waals surface area contributed by atoms with E-state index in [2.05, 4.69) is 22.2 Å². The van der Waals surface area contributed by atoms with Gasteiger partial charge in [0.2, 0.25) is 10.5 Å². The molecule has 0 atom stereocenters. The summed E-state index contributed by atoms with van der Waals surface area (Å²) in [4.78, 5) is 22.7. The van der Waals surface area contributed by atoms with E-state index < -0.39 is 10.5 Å². The van der Waals surface area contributed by atoms with Gasteiger partial charge in [-0.1, -0.05) is 26.2 Å². The maximum Gasteiger partial charge on any atom is 0.315 e. The Bertz CT molecular complexity index is 941. The number of unbranched alkanes of at least 4 members (excludes halogenated alkanes) is 3. The molecule has 0 saturated carbocycles. The topological polar surface area (TPSA) is 125 Å². The summed E-state index contributed by atoms with van der Waals surface area (Å²) in [5, 5.41) is 21.5. The Labute approximate surface area is 166 Å². The summed E-state index contributed by atoms with van der Waals surface area (Å²) in [7, 11) is 1.40. The average Bonchev–Trinajstić information content (AvgIpc) is 2.67. The smallest absolute Gasteiger partial charge is 0.315 e. The molecule has 11 heteroatoms. The summed E-state index contributed by atoms with van der Waals surface area (Å²) in [6.45, 7) is 2.45. The van der Waals surface area contributed by atoms with E-state index in [9.17, 15) is 14.9 Å². The number of benzene rings is 1. The van der Waals surface area contributed by atoms with Crippen molar-refractivity contribution in [2.45, 2.75) is 32.6 Å². The number of hydrogen-bond donors (Lipinski definition) is 1. The zero-order valence-corrected chi connectivity index (χ0v) is 16.4.